The zero-order valence-corrected chi connectivity index (χ0v) is 8.88. The topological polar surface area (TPSA) is 35.5 Å². The fourth-order valence-electron chi connectivity index (χ4n) is 2.13. The molecule has 3 rings (SSSR count). The molecule has 0 radical (unpaired) electrons. The molecule has 0 atom stereocenters. The van der Waals surface area contributed by atoms with Crippen molar-refractivity contribution in [1.82, 2.24) is 0 Å². The maximum atomic E-state index is 14.0. The van der Waals surface area contributed by atoms with Crippen molar-refractivity contribution in [3.05, 3.63) is 29.1 Å². The van der Waals surface area contributed by atoms with Gasteiger partial charge >= 0.3 is 5.97 Å². The predicted octanol–water partition coefficient (Wildman–Crippen LogP) is 2.08. The maximum Gasteiger partial charge on any atom is 0.340 e. The molecule has 1 heterocycles. The zero-order chi connectivity index (χ0) is 11.3. The summed E-state index contributed by atoms with van der Waals surface area (Å²) in [6.07, 6.45) is 2.68. The van der Waals surface area contributed by atoms with Gasteiger partial charge in [0, 0.05) is 12.0 Å². The molecule has 1 saturated carbocycles. The third-order valence-corrected chi connectivity index (χ3v) is 3.22. The average Bonchev–Trinajstić information content (AvgIpc) is 2.90. The zero-order valence-electron chi connectivity index (χ0n) is 8.88. The fraction of sp³-hybridized carbons (Fsp3) is 0.417. The molecule has 1 aliphatic carbocycles. The lowest BCUT2D eigenvalue weighted by atomic mass is 10.1. The Bertz CT molecular complexity index is 477. The number of fused-ring (bicyclic) bond motifs is 1. The molecule has 0 unspecified atom stereocenters. The first kappa shape index (κ1) is 9.63. The van der Waals surface area contributed by atoms with Crippen LogP contribution in [-0.2, 0) is 11.2 Å². The Balaban J connectivity index is 2.05. The van der Waals surface area contributed by atoms with Gasteiger partial charge in [0.05, 0.1) is 12.7 Å². The molecule has 3 nitrogen and oxygen atoms in total. The minimum atomic E-state index is -0.666. The van der Waals surface area contributed by atoms with Gasteiger partial charge in [0.1, 0.15) is 5.60 Å². The molecule has 1 aromatic carbocycles. The molecule has 1 aromatic rings. The van der Waals surface area contributed by atoms with Gasteiger partial charge in [-0.25, -0.2) is 9.18 Å². The van der Waals surface area contributed by atoms with E-state index in [2.05, 4.69) is 4.74 Å². The second-order valence-corrected chi connectivity index (χ2v) is 4.37. The van der Waals surface area contributed by atoms with E-state index in [0.29, 0.717) is 0 Å². The van der Waals surface area contributed by atoms with Gasteiger partial charge in [-0.2, -0.15) is 0 Å². The summed E-state index contributed by atoms with van der Waals surface area (Å²) < 4.78 is 24.1. The third kappa shape index (κ3) is 1.22. The number of carbonyl (C=O) groups is 1. The Morgan fingerprint density at radius 2 is 2.25 bits per heavy atom. The van der Waals surface area contributed by atoms with Crippen molar-refractivity contribution >= 4 is 5.97 Å². The molecule has 0 bridgehead atoms. The van der Waals surface area contributed by atoms with Crippen LogP contribution >= 0.6 is 0 Å². The Morgan fingerprint density at radius 1 is 1.50 bits per heavy atom. The van der Waals surface area contributed by atoms with Crippen molar-refractivity contribution < 1.29 is 18.7 Å². The molecule has 0 aromatic heterocycles. The molecule has 0 saturated heterocycles. The van der Waals surface area contributed by atoms with Crippen molar-refractivity contribution in [3.8, 4) is 5.75 Å². The van der Waals surface area contributed by atoms with Crippen LogP contribution in [0.2, 0.25) is 0 Å². The van der Waals surface area contributed by atoms with E-state index in [1.165, 1.54) is 13.2 Å². The van der Waals surface area contributed by atoms with E-state index in [4.69, 9.17) is 4.74 Å². The number of ether oxygens (including phenoxy) is 2. The van der Waals surface area contributed by atoms with Crippen LogP contribution in [0.25, 0.3) is 0 Å². The summed E-state index contributed by atoms with van der Waals surface area (Å²) in [6, 6.07) is 3.21. The second kappa shape index (κ2) is 2.97. The standard InChI is InChI=1S/C12H11FO3/c1-15-11(14)8-3-2-7-6-12(4-5-12)16-10(7)9(8)13/h2-3H,4-6H2,1H3. The summed E-state index contributed by atoms with van der Waals surface area (Å²) >= 11 is 0. The van der Waals surface area contributed by atoms with Gasteiger partial charge in [-0.15, -0.1) is 0 Å². The largest absolute Gasteiger partial charge is 0.484 e. The maximum absolute atomic E-state index is 14.0. The van der Waals surface area contributed by atoms with Crippen molar-refractivity contribution in [3.63, 3.8) is 0 Å². The number of hydrogen-bond donors (Lipinski definition) is 0. The molecule has 1 fully saturated rings. The Kier molecular flexibility index (Phi) is 1.79. The highest BCUT2D eigenvalue weighted by atomic mass is 19.1. The van der Waals surface area contributed by atoms with Gasteiger partial charge < -0.3 is 9.47 Å². The van der Waals surface area contributed by atoms with Gasteiger partial charge in [-0.05, 0) is 18.9 Å². The van der Waals surface area contributed by atoms with Crippen LogP contribution in [0.5, 0.6) is 5.75 Å². The van der Waals surface area contributed by atoms with Crippen molar-refractivity contribution in [2.75, 3.05) is 7.11 Å². The summed E-state index contributed by atoms with van der Waals surface area (Å²) in [5, 5.41) is 0. The summed E-state index contributed by atoms with van der Waals surface area (Å²) in [7, 11) is 1.23. The number of rotatable bonds is 1. The van der Waals surface area contributed by atoms with Gasteiger partial charge in [0.15, 0.2) is 11.6 Å². The summed E-state index contributed by atoms with van der Waals surface area (Å²) in [6.45, 7) is 0. The van der Waals surface area contributed by atoms with Crippen LogP contribution in [0.15, 0.2) is 12.1 Å². The van der Waals surface area contributed by atoms with E-state index in [1.54, 1.807) is 6.07 Å². The van der Waals surface area contributed by atoms with Crippen molar-refractivity contribution in [2.45, 2.75) is 24.9 Å². The van der Waals surface area contributed by atoms with Gasteiger partial charge in [0.25, 0.3) is 0 Å². The minimum absolute atomic E-state index is 0.0565. The normalized spacial score (nSPS) is 19.1. The van der Waals surface area contributed by atoms with E-state index in [1.807, 2.05) is 0 Å². The molecule has 16 heavy (non-hydrogen) atoms. The highest BCUT2D eigenvalue weighted by Crippen LogP contribution is 2.50. The molecule has 1 spiro atoms. The number of benzene rings is 1. The van der Waals surface area contributed by atoms with Gasteiger partial charge in [-0.3, -0.25) is 0 Å². The smallest absolute Gasteiger partial charge is 0.340 e. The van der Waals surface area contributed by atoms with Crippen LogP contribution in [0.3, 0.4) is 0 Å². The average molecular weight is 222 g/mol. The number of methoxy groups -OCH3 is 1. The summed E-state index contributed by atoms with van der Waals surface area (Å²) in [5.74, 6) is -1.02. The third-order valence-electron chi connectivity index (χ3n) is 3.22. The summed E-state index contributed by atoms with van der Waals surface area (Å²) in [5.41, 5.74) is 0.624. The highest BCUT2D eigenvalue weighted by Gasteiger charge is 2.51. The Morgan fingerprint density at radius 3 is 2.88 bits per heavy atom. The van der Waals surface area contributed by atoms with E-state index >= 15 is 0 Å². The quantitative estimate of drug-likeness (QED) is 0.682. The van der Waals surface area contributed by atoms with E-state index < -0.39 is 11.8 Å². The molecule has 0 amide bonds. The number of esters is 1. The molecular weight excluding hydrogens is 211 g/mol. The van der Waals surface area contributed by atoms with Crippen LogP contribution in [-0.4, -0.2) is 18.7 Å². The molecular formula is C12H11FO3. The number of hydrogen-bond acceptors (Lipinski definition) is 3. The predicted molar refractivity (Wildman–Crippen MR) is 54.0 cm³/mol. The summed E-state index contributed by atoms with van der Waals surface area (Å²) in [4.78, 5) is 11.3. The Labute approximate surface area is 92.2 Å². The second-order valence-electron chi connectivity index (χ2n) is 4.37. The van der Waals surface area contributed by atoms with E-state index in [0.717, 1.165) is 24.8 Å². The highest BCUT2D eigenvalue weighted by molar-refractivity contribution is 5.90. The first-order valence-corrected chi connectivity index (χ1v) is 5.24. The molecule has 2 aliphatic rings. The first-order valence-electron chi connectivity index (χ1n) is 5.24. The SMILES string of the molecule is COC(=O)c1ccc2c(c1F)OC1(CC1)C2. The van der Waals surface area contributed by atoms with Gasteiger partial charge in [0.2, 0.25) is 0 Å². The fourth-order valence-corrected chi connectivity index (χ4v) is 2.13. The first-order chi connectivity index (χ1) is 7.65. The van der Waals surface area contributed by atoms with Gasteiger partial charge in [-0.1, -0.05) is 6.07 Å². The Hall–Kier alpha value is -1.58. The van der Waals surface area contributed by atoms with Crippen molar-refractivity contribution in [1.29, 1.82) is 0 Å². The molecule has 84 valence electrons. The van der Waals surface area contributed by atoms with Crippen molar-refractivity contribution in [2.24, 2.45) is 0 Å². The molecule has 1 aliphatic heterocycles. The van der Waals surface area contributed by atoms with Crippen LogP contribution in [0, 0.1) is 5.82 Å². The van der Waals surface area contributed by atoms with E-state index in [-0.39, 0.29) is 16.9 Å². The van der Waals surface area contributed by atoms with Crippen LogP contribution in [0.4, 0.5) is 4.39 Å². The van der Waals surface area contributed by atoms with Crippen LogP contribution < -0.4 is 4.74 Å². The van der Waals surface area contributed by atoms with E-state index in [9.17, 15) is 9.18 Å². The lowest BCUT2D eigenvalue weighted by molar-refractivity contribution is 0.0594. The minimum Gasteiger partial charge on any atom is -0.484 e. The number of halogens is 1. The molecule has 4 heteroatoms. The lowest BCUT2D eigenvalue weighted by Gasteiger charge is -2.08. The monoisotopic (exact) mass is 222 g/mol. The van der Waals surface area contributed by atoms with Crippen LogP contribution in [0.1, 0.15) is 28.8 Å². The lowest BCUT2D eigenvalue weighted by Crippen LogP contribution is -2.13. The molecule has 0 N–H and O–H groups in total. The number of carbonyl (C=O) groups excluding carboxylic acids is 1.